The molecule has 0 saturated heterocycles. The van der Waals surface area contributed by atoms with Crippen molar-refractivity contribution in [1.82, 2.24) is 0 Å². The molecule has 0 amide bonds. The Morgan fingerprint density at radius 2 is 1.87 bits per heavy atom. The Kier molecular flexibility index (Phi) is 6.05. The monoisotopic (exact) mass is 329 g/mol. The van der Waals surface area contributed by atoms with Gasteiger partial charge in [0.05, 0.1) is 11.4 Å². The average molecular weight is 330 g/mol. The Morgan fingerprint density at radius 1 is 1.17 bits per heavy atom. The van der Waals surface area contributed by atoms with Crippen molar-refractivity contribution in [2.45, 2.75) is 27.2 Å². The number of nitrogens with one attached hydrogen (secondary N) is 1. The Hall–Kier alpha value is -2.00. The van der Waals surface area contributed by atoms with Crippen molar-refractivity contribution in [2.75, 3.05) is 23.9 Å². The van der Waals surface area contributed by atoms with Gasteiger partial charge in [-0.1, -0.05) is 36.2 Å². The number of halogens is 1. The fraction of sp³-hybridized carbons (Fsp3) is 0.316. The lowest BCUT2D eigenvalue weighted by Gasteiger charge is -2.20. The quantitative estimate of drug-likeness (QED) is 0.573. The van der Waals surface area contributed by atoms with Gasteiger partial charge in [0.15, 0.2) is 0 Å². The number of hydrogen-bond donors (Lipinski definition) is 1. The lowest BCUT2D eigenvalue weighted by atomic mass is 10.1. The SMILES string of the molecule is CCCN(/N=C(/C)c1cc(Cl)ccc1NC)c1ccc(C)cc1. The Morgan fingerprint density at radius 3 is 2.48 bits per heavy atom. The zero-order valence-corrected chi connectivity index (χ0v) is 15.0. The molecule has 122 valence electrons. The topological polar surface area (TPSA) is 27.6 Å². The molecule has 0 aliphatic heterocycles. The molecule has 0 aromatic heterocycles. The maximum atomic E-state index is 6.15. The molecule has 0 unspecified atom stereocenters. The number of rotatable bonds is 6. The van der Waals surface area contributed by atoms with Gasteiger partial charge in [-0.15, -0.1) is 0 Å². The molecule has 2 rings (SSSR count). The van der Waals surface area contributed by atoms with Crippen molar-refractivity contribution >= 4 is 28.7 Å². The van der Waals surface area contributed by atoms with Gasteiger partial charge in [0.25, 0.3) is 0 Å². The van der Waals surface area contributed by atoms with Crippen molar-refractivity contribution in [3.63, 3.8) is 0 Å². The van der Waals surface area contributed by atoms with Gasteiger partial charge in [0, 0.05) is 29.9 Å². The molecule has 3 nitrogen and oxygen atoms in total. The third kappa shape index (κ3) is 4.49. The molecule has 0 aliphatic carbocycles. The largest absolute Gasteiger partial charge is 0.388 e. The van der Waals surface area contributed by atoms with Gasteiger partial charge in [0.1, 0.15) is 0 Å². The first-order valence-electron chi connectivity index (χ1n) is 7.92. The number of hydrogen-bond acceptors (Lipinski definition) is 3. The van der Waals surface area contributed by atoms with E-state index < -0.39 is 0 Å². The number of hydrazone groups is 1. The van der Waals surface area contributed by atoms with E-state index in [0.29, 0.717) is 5.02 Å². The van der Waals surface area contributed by atoms with Crippen LogP contribution in [0.1, 0.15) is 31.4 Å². The highest BCUT2D eigenvalue weighted by atomic mass is 35.5. The zero-order valence-electron chi connectivity index (χ0n) is 14.2. The summed E-state index contributed by atoms with van der Waals surface area (Å²) >= 11 is 6.15. The number of anilines is 2. The summed E-state index contributed by atoms with van der Waals surface area (Å²) in [4.78, 5) is 0. The fourth-order valence-corrected chi connectivity index (χ4v) is 2.61. The van der Waals surface area contributed by atoms with E-state index in [-0.39, 0.29) is 0 Å². The highest BCUT2D eigenvalue weighted by Crippen LogP contribution is 2.23. The number of nitrogens with zero attached hydrogens (tertiary/aromatic N) is 2. The van der Waals surface area contributed by atoms with Gasteiger partial charge in [-0.05, 0) is 50.6 Å². The second-order valence-electron chi connectivity index (χ2n) is 5.58. The van der Waals surface area contributed by atoms with E-state index in [4.69, 9.17) is 16.7 Å². The van der Waals surface area contributed by atoms with Crippen LogP contribution in [0.2, 0.25) is 5.02 Å². The lowest BCUT2D eigenvalue weighted by Crippen LogP contribution is -2.19. The normalized spacial score (nSPS) is 11.4. The number of benzene rings is 2. The molecule has 1 N–H and O–H groups in total. The van der Waals surface area contributed by atoms with E-state index in [0.717, 1.165) is 35.6 Å². The van der Waals surface area contributed by atoms with Gasteiger partial charge in [-0.2, -0.15) is 5.10 Å². The van der Waals surface area contributed by atoms with Crippen LogP contribution >= 0.6 is 11.6 Å². The van der Waals surface area contributed by atoms with Crippen LogP contribution in [0.15, 0.2) is 47.6 Å². The molecule has 0 bridgehead atoms. The summed E-state index contributed by atoms with van der Waals surface area (Å²) in [6.07, 6.45) is 1.03. The second-order valence-corrected chi connectivity index (χ2v) is 6.02. The van der Waals surface area contributed by atoms with Gasteiger partial charge in [0.2, 0.25) is 0 Å². The molecule has 4 heteroatoms. The highest BCUT2D eigenvalue weighted by molar-refractivity contribution is 6.31. The predicted octanol–water partition coefficient (Wildman–Crippen LogP) is 5.33. The van der Waals surface area contributed by atoms with Crippen LogP contribution in [0.25, 0.3) is 0 Å². The molecule has 0 radical (unpaired) electrons. The predicted molar refractivity (Wildman–Crippen MR) is 102 cm³/mol. The Bertz CT molecular complexity index is 678. The first kappa shape index (κ1) is 17.4. The minimum absolute atomic E-state index is 0.714. The summed E-state index contributed by atoms with van der Waals surface area (Å²) in [5, 5.41) is 10.8. The van der Waals surface area contributed by atoms with Gasteiger partial charge in [-0.25, -0.2) is 0 Å². The van der Waals surface area contributed by atoms with Crippen molar-refractivity contribution in [3.8, 4) is 0 Å². The first-order valence-corrected chi connectivity index (χ1v) is 8.30. The third-order valence-electron chi connectivity index (χ3n) is 3.68. The van der Waals surface area contributed by atoms with E-state index >= 15 is 0 Å². The first-order chi connectivity index (χ1) is 11.0. The summed E-state index contributed by atoms with van der Waals surface area (Å²) in [6, 6.07) is 14.3. The maximum absolute atomic E-state index is 6.15. The van der Waals surface area contributed by atoms with Crippen LogP contribution in [0, 0.1) is 6.92 Å². The van der Waals surface area contributed by atoms with Crippen molar-refractivity contribution in [3.05, 3.63) is 58.6 Å². The van der Waals surface area contributed by atoms with Gasteiger partial charge >= 0.3 is 0 Å². The fourth-order valence-electron chi connectivity index (χ4n) is 2.43. The Labute approximate surface area is 144 Å². The standard InChI is InChI=1S/C19H24ClN3/c1-5-12-23(17-9-6-14(2)7-10-17)22-15(3)18-13-16(20)8-11-19(18)21-4/h6-11,13,21H,5,12H2,1-4H3/b22-15-. The molecule has 0 spiro atoms. The van der Waals surface area contributed by atoms with Crippen LogP contribution in [0.5, 0.6) is 0 Å². The smallest absolute Gasteiger partial charge is 0.0672 e. The minimum Gasteiger partial charge on any atom is -0.388 e. The van der Waals surface area contributed by atoms with Crippen LogP contribution in [-0.4, -0.2) is 19.3 Å². The molecule has 0 aliphatic rings. The Balaban J connectivity index is 2.38. The minimum atomic E-state index is 0.714. The van der Waals surface area contributed by atoms with E-state index in [1.807, 2.05) is 32.2 Å². The summed E-state index contributed by atoms with van der Waals surface area (Å²) in [5.41, 5.74) is 5.33. The van der Waals surface area contributed by atoms with E-state index in [2.05, 4.69) is 48.4 Å². The summed E-state index contributed by atoms with van der Waals surface area (Å²) < 4.78 is 0. The molecule has 0 fully saturated rings. The van der Waals surface area contributed by atoms with Crippen LogP contribution < -0.4 is 10.3 Å². The van der Waals surface area contributed by atoms with Crippen molar-refractivity contribution in [1.29, 1.82) is 0 Å². The van der Waals surface area contributed by atoms with Crippen LogP contribution in [-0.2, 0) is 0 Å². The summed E-state index contributed by atoms with van der Waals surface area (Å²) in [6.45, 7) is 7.14. The summed E-state index contributed by atoms with van der Waals surface area (Å²) in [7, 11) is 1.91. The maximum Gasteiger partial charge on any atom is 0.0672 e. The lowest BCUT2D eigenvalue weighted by molar-refractivity contribution is 0.806. The van der Waals surface area contributed by atoms with E-state index in [9.17, 15) is 0 Å². The molecule has 23 heavy (non-hydrogen) atoms. The molecular formula is C19H24ClN3. The number of aryl methyl sites for hydroxylation is 1. The zero-order chi connectivity index (χ0) is 16.8. The second kappa shape index (κ2) is 8.02. The van der Waals surface area contributed by atoms with Crippen molar-refractivity contribution < 1.29 is 0 Å². The average Bonchev–Trinajstić information content (AvgIpc) is 2.55. The summed E-state index contributed by atoms with van der Waals surface area (Å²) in [5.74, 6) is 0. The van der Waals surface area contributed by atoms with Gasteiger partial charge < -0.3 is 5.32 Å². The molecule has 0 saturated carbocycles. The molecule has 0 heterocycles. The molecule has 2 aromatic rings. The molecular weight excluding hydrogens is 306 g/mol. The van der Waals surface area contributed by atoms with Crippen LogP contribution in [0.3, 0.4) is 0 Å². The highest BCUT2D eigenvalue weighted by Gasteiger charge is 2.09. The van der Waals surface area contributed by atoms with E-state index in [1.165, 1.54) is 5.56 Å². The van der Waals surface area contributed by atoms with Gasteiger partial charge in [-0.3, -0.25) is 5.01 Å². The van der Waals surface area contributed by atoms with Crippen molar-refractivity contribution in [2.24, 2.45) is 5.10 Å². The third-order valence-corrected chi connectivity index (χ3v) is 3.91. The van der Waals surface area contributed by atoms with E-state index in [1.54, 1.807) is 0 Å². The van der Waals surface area contributed by atoms with Crippen LogP contribution in [0.4, 0.5) is 11.4 Å². The molecule has 2 aromatic carbocycles. The molecule has 0 atom stereocenters.